The summed E-state index contributed by atoms with van der Waals surface area (Å²) in [4.78, 5) is 16.9. The lowest BCUT2D eigenvalue weighted by atomic mass is 9.79. The van der Waals surface area contributed by atoms with Crippen molar-refractivity contribution < 1.29 is 53.2 Å². The van der Waals surface area contributed by atoms with Crippen LogP contribution in [0.3, 0.4) is 0 Å². The number of rotatable bonds is 20. The van der Waals surface area contributed by atoms with E-state index in [-0.39, 0.29) is 49.6 Å². The van der Waals surface area contributed by atoms with Crippen LogP contribution in [0.1, 0.15) is 35.4 Å². The summed E-state index contributed by atoms with van der Waals surface area (Å²) in [6.45, 7) is 3.15. The molecule has 0 amide bonds. The van der Waals surface area contributed by atoms with E-state index in [0.29, 0.717) is 39.5 Å². The summed E-state index contributed by atoms with van der Waals surface area (Å²) in [7, 11) is 3.32. The van der Waals surface area contributed by atoms with Gasteiger partial charge in [0.25, 0.3) is 0 Å². The van der Waals surface area contributed by atoms with Crippen LogP contribution in [-0.4, -0.2) is 88.4 Å². The van der Waals surface area contributed by atoms with Gasteiger partial charge in [0.2, 0.25) is 0 Å². The number of benzene rings is 4. The van der Waals surface area contributed by atoms with E-state index >= 15 is 0 Å². The van der Waals surface area contributed by atoms with Crippen molar-refractivity contribution in [1.29, 1.82) is 0 Å². The average molecular weight is 721 g/mol. The Hall–Kier alpha value is -4.47. The molecule has 1 aliphatic heterocycles. The molecule has 1 aliphatic rings. The Morgan fingerprint density at radius 1 is 0.808 bits per heavy atom. The van der Waals surface area contributed by atoms with E-state index in [2.05, 4.69) is 22.3 Å². The minimum atomic E-state index is -0.814. The van der Waals surface area contributed by atoms with Crippen molar-refractivity contribution in [1.82, 2.24) is 10.7 Å². The fourth-order valence-electron chi connectivity index (χ4n) is 6.29. The number of nitrogens with one attached hydrogen (secondary N) is 1. The number of hydrogen-bond donors (Lipinski definition) is 3. The molecule has 13 heteroatoms. The molecule has 1 heterocycles. The number of carbonyl (C=O) groups is 1. The minimum Gasteiger partial charge on any atom is -0.496 e. The quantitative estimate of drug-likeness (QED) is 0.0535. The zero-order valence-corrected chi connectivity index (χ0v) is 29.6. The highest BCUT2D eigenvalue weighted by atomic mass is 17.1. The van der Waals surface area contributed by atoms with Gasteiger partial charge in [-0.05, 0) is 46.8 Å². The molecule has 0 bridgehead atoms. The van der Waals surface area contributed by atoms with Crippen molar-refractivity contribution in [2.45, 2.75) is 38.1 Å². The molecule has 3 atom stereocenters. The van der Waals surface area contributed by atoms with Crippen LogP contribution in [0.5, 0.6) is 17.2 Å². The predicted octanol–water partition coefficient (Wildman–Crippen LogP) is 6.29. The van der Waals surface area contributed by atoms with Gasteiger partial charge in [-0.1, -0.05) is 54.6 Å². The van der Waals surface area contributed by atoms with E-state index in [4.69, 9.17) is 43.6 Å². The topological polar surface area (TPSA) is 147 Å². The lowest BCUT2D eigenvalue weighted by Crippen LogP contribution is -2.48. The molecular formula is C39H48N2O11. The van der Waals surface area contributed by atoms with Gasteiger partial charge in [-0.15, -0.1) is 0 Å². The Morgan fingerprint density at radius 2 is 1.58 bits per heavy atom. The van der Waals surface area contributed by atoms with Gasteiger partial charge in [0.1, 0.15) is 17.2 Å². The van der Waals surface area contributed by atoms with E-state index in [1.165, 1.54) is 0 Å². The summed E-state index contributed by atoms with van der Waals surface area (Å²) >= 11 is 0. The lowest BCUT2D eigenvalue weighted by Gasteiger charge is -2.38. The van der Waals surface area contributed by atoms with Crippen LogP contribution >= 0.6 is 0 Å². The first-order valence-corrected chi connectivity index (χ1v) is 17.4. The summed E-state index contributed by atoms with van der Waals surface area (Å²) in [5.74, 6) is 2.11. The molecule has 1 saturated heterocycles. The van der Waals surface area contributed by atoms with Gasteiger partial charge in [-0.2, -0.15) is 0 Å². The zero-order valence-electron chi connectivity index (χ0n) is 29.6. The molecule has 4 aromatic carbocycles. The van der Waals surface area contributed by atoms with Crippen LogP contribution in [0.25, 0.3) is 10.8 Å². The van der Waals surface area contributed by atoms with Crippen LogP contribution in [0.2, 0.25) is 0 Å². The Balaban J connectivity index is 1.19. The Bertz CT molecular complexity index is 1670. The average Bonchev–Trinajstić information content (AvgIpc) is 3.17. The van der Waals surface area contributed by atoms with Crippen LogP contribution in [0.4, 0.5) is 4.79 Å². The molecule has 280 valence electrons. The first-order valence-electron chi connectivity index (χ1n) is 17.4. The van der Waals surface area contributed by atoms with Gasteiger partial charge in [0, 0.05) is 48.7 Å². The molecule has 13 nitrogen and oxygen atoms in total. The molecule has 0 aliphatic carbocycles. The molecule has 0 radical (unpaired) electrons. The number of hydrogen-bond acceptors (Lipinski definition) is 13. The van der Waals surface area contributed by atoms with Crippen LogP contribution in [0.15, 0.2) is 84.9 Å². The summed E-state index contributed by atoms with van der Waals surface area (Å²) in [6.07, 6.45) is -0.0735. The number of methoxy groups -OCH3 is 2. The normalized spacial score (nSPS) is 17.2. The predicted molar refractivity (Wildman–Crippen MR) is 191 cm³/mol. The van der Waals surface area contributed by atoms with Crippen molar-refractivity contribution in [3.8, 4) is 17.2 Å². The first kappa shape index (κ1) is 38.8. The van der Waals surface area contributed by atoms with Crippen molar-refractivity contribution in [2.24, 2.45) is 5.92 Å². The van der Waals surface area contributed by atoms with Crippen molar-refractivity contribution in [3.05, 3.63) is 102 Å². The highest BCUT2D eigenvalue weighted by Gasteiger charge is 2.36. The number of nitrogens with zero attached hydrogens (tertiary/aromatic N) is 1. The second kappa shape index (κ2) is 20.5. The summed E-state index contributed by atoms with van der Waals surface area (Å²) < 4.78 is 40.2. The second-order valence-corrected chi connectivity index (χ2v) is 12.3. The molecule has 3 unspecified atom stereocenters. The van der Waals surface area contributed by atoms with Gasteiger partial charge < -0.3 is 38.5 Å². The van der Waals surface area contributed by atoms with Gasteiger partial charge >= 0.3 is 6.16 Å². The Morgan fingerprint density at radius 3 is 2.38 bits per heavy atom. The third-order valence-corrected chi connectivity index (χ3v) is 8.78. The van der Waals surface area contributed by atoms with Crippen molar-refractivity contribution in [3.63, 3.8) is 0 Å². The SMILES string of the molecule is COc1ccccc1COCCCOc1ccc(C2C(COC(=O)OCCCON(O)O)CNCC2OCc2cc(OC)c3ccccc3c2)cc1. The summed E-state index contributed by atoms with van der Waals surface area (Å²) in [6, 6.07) is 28.0. The van der Waals surface area contributed by atoms with E-state index in [1.54, 1.807) is 14.2 Å². The molecule has 3 N–H and O–H groups in total. The maximum absolute atomic E-state index is 12.4. The van der Waals surface area contributed by atoms with Gasteiger partial charge in [0.15, 0.2) is 0 Å². The summed E-state index contributed by atoms with van der Waals surface area (Å²) in [5.41, 5.74) is 3.02. The highest BCUT2D eigenvalue weighted by molar-refractivity contribution is 5.89. The molecule has 5 rings (SSSR count). The van der Waals surface area contributed by atoms with Crippen molar-refractivity contribution in [2.75, 3.05) is 60.3 Å². The van der Waals surface area contributed by atoms with Gasteiger partial charge in [-0.3, -0.25) is 15.3 Å². The largest absolute Gasteiger partial charge is 0.508 e. The van der Waals surface area contributed by atoms with E-state index in [0.717, 1.165) is 51.1 Å². The lowest BCUT2D eigenvalue weighted by molar-refractivity contribution is -0.492. The highest BCUT2D eigenvalue weighted by Crippen LogP contribution is 2.35. The Kier molecular flexibility index (Phi) is 15.3. The molecule has 4 aromatic rings. The first-order chi connectivity index (χ1) is 25.4. The minimum absolute atomic E-state index is 0.00463. The zero-order chi connectivity index (χ0) is 36.5. The third-order valence-electron chi connectivity index (χ3n) is 8.78. The van der Waals surface area contributed by atoms with Crippen molar-refractivity contribution >= 4 is 16.9 Å². The van der Waals surface area contributed by atoms with Gasteiger partial charge in [-0.25, -0.2) is 4.79 Å². The smallest absolute Gasteiger partial charge is 0.496 e. The number of ether oxygens (including phenoxy) is 7. The van der Waals surface area contributed by atoms with Gasteiger partial charge in [0.05, 0.1) is 72.0 Å². The molecule has 1 fully saturated rings. The Labute approximate surface area is 303 Å². The number of carbonyl (C=O) groups excluding carboxylic acids is 1. The van der Waals surface area contributed by atoms with E-state index in [9.17, 15) is 4.79 Å². The monoisotopic (exact) mass is 720 g/mol. The van der Waals surface area contributed by atoms with Crippen LogP contribution < -0.4 is 19.5 Å². The standard InChI is InChI=1S/C39H48N2O11/c1-45-35-12-6-4-10-31(35)26-47-17-7-18-48-33-15-13-29(14-16-33)38-32(27-51-39(42)49-19-8-20-52-41(43)44)23-40-24-37(38)50-25-28-21-30-9-3-5-11-34(30)36(22-28)46-2/h3-6,9-16,21-22,32,37-38,40,43-44H,7-8,17-20,23-27H2,1-2H3. The van der Waals surface area contributed by atoms with E-state index in [1.807, 2.05) is 72.8 Å². The number of piperidine rings is 1. The molecule has 0 aromatic heterocycles. The molecular weight excluding hydrogens is 672 g/mol. The van der Waals surface area contributed by atoms with E-state index < -0.39 is 6.16 Å². The summed E-state index contributed by atoms with van der Waals surface area (Å²) in [5, 5.41) is 22.4. The van der Waals surface area contributed by atoms with Crippen LogP contribution in [-0.2, 0) is 37.0 Å². The number of para-hydroxylation sites is 1. The van der Waals surface area contributed by atoms with Crippen LogP contribution in [0, 0.1) is 5.92 Å². The maximum atomic E-state index is 12.4. The molecule has 52 heavy (non-hydrogen) atoms. The fourth-order valence-corrected chi connectivity index (χ4v) is 6.29. The second-order valence-electron chi connectivity index (χ2n) is 12.3. The number of fused-ring (bicyclic) bond motifs is 1. The molecule has 0 spiro atoms. The fraction of sp³-hybridized carbons (Fsp3) is 0.410. The molecule has 0 saturated carbocycles. The maximum Gasteiger partial charge on any atom is 0.508 e. The third kappa shape index (κ3) is 11.5.